The van der Waals surface area contributed by atoms with Crippen molar-refractivity contribution in [1.29, 1.82) is 0 Å². The quantitative estimate of drug-likeness (QED) is 0.248. The molecule has 0 spiro atoms. The number of nitrogens with zero attached hydrogens (tertiary/aromatic N) is 1. The molecule has 0 fully saturated rings. The first-order valence-electron chi connectivity index (χ1n) is 10.6. The summed E-state index contributed by atoms with van der Waals surface area (Å²) in [7, 11) is 0. The molecule has 2 heteroatoms. The Morgan fingerprint density at radius 3 is 2.26 bits per heavy atom. The van der Waals surface area contributed by atoms with Crippen LogP contribution in [0.3, 0.4) is 0 Å². The standard InChI is InChI=1S/C29H27NO/c1-19(2)25(16-22-12-10-20(3)11-13-22)29-18-26(21(4)31)27-17-24(14-15-28(27)30-29)23-8-6-5-7-9-23/h5-15,17-18,25H,1,16H2,2-4H3. The number of hydrogen-bond donors (Lipinski definition) is 0. The average molecular weight is 406 g/mol. The highest BCUT2D eigenvalue weighted by atomic mass is 16.1. The molecule has 1 unspecified atom stereocenters. The van der Waals surface area contributed by atoms with Crippen LogP contribution in [0.4, 0.5) is 0 Å². The first-order chi connectivity index (χ1) is 14.9. The van der Waals surface area contributed by atoms with E-state index in [0.717, 1.165) is 39.7 Å². The zero-order chi connectivity index (χ0) is 22.0. The maximum atomic E-state index is 12.6. The fraction of sp³-hybridized carbons (Fsp3) is 0.172. The van der Waals surface area contributed by atoms with Crippen LogP contribution in [0.1, 0.15) is 46.9 Å². The Bertz CT molecular complexity index is 1250. The topological polar surface area (TPSA) is 30.0 Å². The van der Waals surface area contributed by atoms with Crippen LogP contribution in [-0.4, -0.2) is 10.8 Å². The number of fused-ring (bicyclic) bond motifs is 1. The number of carbonyl (C=O) groups is 1. The number of rotatable bonds is 6. The molecule has 0 aliphatic rings. The van der Waals surface area contributed by atoms with E-state index in [1.54, 1.807) is 6.92 Å². The fourth-order valence-electron chi connectivity index (χ4n) is 4.02. The minimum Gasteiger partial charge on any atom is -0.294 e. The molecule has 1 atom stereocenters. The molecule has 1 heterocycles. The average Bonchev–Trinajstić information content (AvgIpc) is 2.78. The summed E-state index contributed by atoms with van der Waals surface area (Å²) in [5, 5.41) is 0.897. The first-order valence-corrected chi connectivity index (χ1v) is 10.6. The zero-order valence-corrected chi connectivity index (χ0v) is 18.4. The normalized spacial score (nSPS) is 12.0. The van der Waals surface area contributed by atoms with Crippen LogP contribution in [0.15, 0.2) is 91.0 Å². The number of carbonyl (C=O) groups excluding carboxylic acids is 1. The lowest BCUT2D eigenvalue weighted by molar-refractivity contribution is 0.101. The summed E-state index contributed by atoms with van der Waals surface area (Å²) in [5.74, 6) is 0.105. The largest absolute Gasteiger partial charge is 0.294 e. The molecule has 3 aromatic carbocycles. The molecule has 2 nitrogen and oxygen atoms in total. The van der Waals surface area contributed by atoms with Gasteiger partial charge in [0.2, 0.25) is 0 Å². The molecule has 0 aliphatic heterocycles. The number of aryl methyl sites for hydroxylation is 1. The van der Waals surface area contributed by atoms with Crippen molar-refractivity contribution in [1.82, 2.24) is 4.98 Å². The van der Waals surface area contributed by atoms with Gasteiger partial charge in [0.05, 0.1) is 5.52 Å². The molecule has 4 aromatic rings. The van der Waals surface area contributed by atoms with Crippen molar-refractivity contribution < 1.29 is 4.79 Å². The fourth-order valence-corrected chi connectivity index (χ4v) is 4.02. The van der Waals surface area contributed by atoms with Gasteiger partial charge in [0, 0.05) is 22.6 Å². The van der Waals surface area contributed by atoms with Crippen LogP contribution >= 0.6 is 0 Å². The number of hydrogen-bond acceptors (Lipinski definition) is 2. The van der Waals surface area contributed by atoms with Gasteiger partial charge in [-0.25, -0.2) is 0 Å². The summed E-state index contributed by atoms with van der Waals surface area (Å²) in [4.78, 5) is 17.6. The van der Waals surface area contributed by atoms with Crippen molar-refractivity contribution in [2.45, 2.75) is 33.1 Å². The van der Waals surface area contributed by atoms with Crippen molar-refractivity contribution in [2.75, 3.05) is 0 Å². The lowest BCUT2D eigenvalue weighted by Crippen LogP contribution is -2.09. The van der Waals surface area contributed by atoms with Crippen molar-refractivity contribution in [2.24, 2.45) is 0 Å². The number of allylic oxidation sites excluding steroid dienone is 1. The molecule has 0 saturated carbocycles. The maximum absolute atomic E-state index is 12.6. The van der Waals surface area contributed by atoms with Gasteiger partial charge in [0.25, 0.3) is 0 Å². The van der Waals surface area contributed by atoms with Gasteiger partial charge >= 0.3 is 0 Å². The zero-order valence-electron chi connectivity index (χ0n) is 18.4. The molecular formula is C29H27NO. The van der Waals surface area contributed by atoms with E-state index in [9.17, 15) is 4.79 Å². The van der Waals surface area contributed by atoms with E-state index < -0.39 is 0 Å². The van der Waals surface area contributed by atoms with Crippen molar-refractivity contribution in [3.8, 4) is 11.1 Å². The highest BCUT2D eigenvalue weighted by Gasteiger charge is 2.19. The van der Waals surface area contributed by atoms with Gasteiger partial charge in [-0.1, -0.05) is 78.4 Å². The molecule has 1 aromatic heterocycles. The summed E-state index contributed by atoms with van der Waals surface area (Å²) in [6, 6.07) is 26.9. The Morgan fingerprint density at radius 2 is 1.61 bits per heavy atom. The molecular weight excluding hydrogens is 378 g/mol. The van der Waals surface area contributed by atoms with E-state index in [2.05, 4.69) is 62.0 Å². The predicted octanol–water partition coefficient (Wildman–Crippen LogP) is 7.32. The van der Waals surface area contributed by atoms with Crippen LogP contribution in [0.25, 0.3) is 22.0 Å². The summed E-state index contributed by atoms with van der Waals surface area (Å²) in [6.45, 7) is 9.99. The van der Waals surface area contributed by atoms with E-state index in [0.29, 0.717) is 5.56 Å². The van der Waals surface area contributed by atoms with Crippen LogP contribution in [0.5, 0.6) is 0 Å². The lowest BCUT2D eigenvalue weighted by Gasteiger charge is -2.19. The Hall–Kier alpha value is -3.52. The van der Waals surface area contributed by atoms with E-state index >= 15 is 0 Å². The smallest absolute Gasteiger partial charge is 0.160 e. The van der Waals surface area contributed by atoms with Gasteiger partial charge in [0.1, 0.15) is 0 Å². The monoisotopic (exact) mass is 405 g/mol. The number of aromatic nitrogens is 1. The summed E-state index contributed by atoms with van der Waals surface area (Å²) >= 11 is 0. The number of Topliss-reactive ketones (excluding diaryl/α,β-unsaturated/α-hetero) is 1. The SMILES string of the molecule is C=C(C)C(Cc1ccc(C)cc1)c1cc(C(C)=O)c2cc(-c3ccccc3)ccc2n1. The Labute approximate surface area is 184 Å². The summed E-state index contributed by atoms with van der Waals surface area (Å²) < 4.78 is 0. The molecule has 154 valence electrons. The lowest BCUT2D eigenvalue weighted by atomic mass is 9.88. The number of ketones is 1. The second-order valence-corrected chi connectivity index (χ2v) is 8.34. The molecule has 0 amide bonds. The number of pyridine rings is 1. The molecule has 0 radical (unpaired) electrons. The number of benzene rings is 3. The maximum Gasteiger partial charge on any atom is 0.160 e. The van der Waals surface area contributed by atoms with Crippen LogP contribution in [-0.2, 0) is 6.42 Å². The Morgan fingerprint density at radius 1 is 0.903 bits per heavy atom. The van der Waals surface area contributed by atoms with Crippen LogP contribution in [0, 0.1) is 6.92 Å². The molecule has 0 bridgehead atoms. The third-order valence-corrected chi connectivity index (χ3v) is 5.83. The van der Waals surface area contributed by atoms with E-state index in [1.165, 1.54) is 11.1 Å². The molecule has 0 N–H and O–H groups in total. The first kappa shape index (κ1) is 20.7. The summed E-state index contributed by atoms with van der Waals surface area (Å²) in [5.41, 5.74) is 8.20. The van der Waals surface area contributed by atoms with Crippen LogP contribution in [0.2, 0.25) is 0 Å². The van der Waals surface area contributed by atoms with Crippen molar-refractivity contribution >= 4 is 16.7 Å². The highest BCUT2D eigenvalue weighted by Crippen LogP contribution is 2.32. The van der Waals surface area contributed by atoms with Gasteiger partial charge in [-0.05, 0) is 62.1 Å². The minimum atomic E-state index is 0.0506. The van der Waals surface area contributed by atoms with Crippen molar-refractivity contribution in [3.05, 3.63) is 113 Å². The molecule has 31 heavy (non-hydrogen) atoms. The van der Waals surface area contributed by atoms with E-state index in [4.69, 9.17) is 4.98 Å². The van der Waals surface area contributed by atoms with Gasteiger partial charge in [0.15, 0.2) is 5.78 Å². The Kier molecular flexibility index (Phi) is 5.81. The second-order valence-electron chi connectivity index (χ2n) is 8.34. The molecule has 4 rings (SSSR count). The third-order valence-electron chi connectivity index (χ3n) is 5.83. The van der Waals surface area contributed by atoms with Gasteiger partial charge in [-0.15, -0.1) is 0 Å². The predicted molar refractivity (Wildman–Crippen MR) is 130 cm³/mol. The van der Waals surface area contributed by atoms with E-state index in [-0.39, 0.29) is 11.7 Å². The van der Waals surface area contributed by atoms with Crippen LogP contribution < -0.4 is 0 Å². The van der Waals surface area contributed by atoms with Crippen molar-refractivity contribution in [3.63, 3.8) is 0 Å². The highest BCUT2D eigenvalue weighted by molar-refractivity contribution is 6.07. The van der Waals surface area contributed by atoms with E-state index in [1.807, 2.05) is 37.3 Å². The minimum absolute atomic E-state index is 0.0506. The Balaban J connectivity index is 1.81. The van der Waals surface area contributed by atoms with Gasteiger partial charge < -0.3 is 0 Å². The third kappa shape index (κ3) is 4.49. The van der Waals surface area contributed by atoms with Gasteiger partial charge in [-0.2, -0.15) is 0 Å². The molecule has 0 aliphatic carbocycles. The second kappa shape index (κ2) is 8.69. The summed E-state index contributed by atoms with van der Waals surface area (Å²) in [6.07, 6.45) is 0.813. The molecule has 0 saturated heterocycles. The van der Waals surface area contributed by atoms with Gasteiger partial charge in [-0.3, -0.25) is 9.78 Å².